The van der Waals surface area contributed by atoms with Gasteiger partial charge in [0.2, 0.25) is 0 Å². The minimum absolute atomic E-state index is 0.303. The van der Waals surface area contributed by atoms with Crippen LogP contribution in [0, 0.1) is 0 Å². The molecule has 4 rings (SSSR count). The molecule has 150 valence electrons. The van der Waals surface area contributed by atoms with E-state index in [1.165, 1.54) is 28.0 Å². The molecule has 1 amide bonds. The third-order valence-electron chi connectivity index (χ3n) is 5.64. The number of benzene rings is 1. The summed E-state index contributed by atoms with van der Waals surface area (Å²) in [6.45, 7) is 3.23. The van der Waals surface area contributed by atoms with Gasteiger partial charge in [0, 0.05) is 30.8 Å². The maximum Gasteiger partial charge on any atom is 0.258 e. The van der Waals surface area contributed by atoms with Gasteiger partial charge < -0.3 is 10.5 Å². The van der Waals surface area contributed by atoms with Crippen LogP contribution < -0.4 is 5.73 Å². The SMILES string of the molecule is CS(=O)(=O)c1ccc(CN2CCC3(CC2)OCCc2cc(C(N)=O)sc23)cc1. The summed E-state index contributed by atoms with van der Waals surface area (Å²) in [5.41, 5.74) is 7.47. The molecule has 3 heterocycles. The molecule has 2 aromatic rings. The highest BCUT2D eigenvalue weighted by atomic mass is 32.2. The minimum Gasteiger partial charge on any atom is -0.369 e. The van der Waals surface area contributed by atoms with Crippen molar-refractivity contribution in [2.24, 2.45) is 5.73 Å². The number of fused-ring (bicyclic) bond motifs is 2. The zero-order valence-corrected chi connectivity index (χ0v) is 17.4. The van der Waals surface area contributed by atoms with Gasteiger partial charge in [0.1, 0.15) is 5.60 Å². The molecule has 1 aromatic carbocycles. The van der Waals surface area contributed by atoms with E-state index in [-0.39, 0.29) is 11.5 Å². The molecule has 1 saturated heterocycles. The van der Waals surface area contributed by atoms with Gasteiger partial charge in [-0.2, -0.15) is 0 Å². The highest BCUT2D eigenvalue weighted by Gasteiger charge is 2.42. The first kappa shape index (κ1) is 19.6. The highest BCUT2D eigenvalue weighted by molar-refractivity contribution is 7.90. The normalized spacial score (nSPS) is 19.5. The summed E-state index contributed by atoms with van der Waals surface area (Å²) < 4.78 is 29.4. The Morgan fingerprint density at radius 3 is 2.54 bits per heavy atom. The van der Waals surface area contributed by atoms with Crippen LogP contribution in [0.15, 0.2) is 35.2 Å². The number of amides is 1. The predicted molar refractivity (Wildman–Crippen MR) is 108 cm³/mol. The standard InChI is InChI=1S/C20H24N2O4S2/c1-28(24,25)16-4-2-14(3-5-16)13-22-9-7-20(8-10-22)18-15(6-11-26-20)12-17(27-18)19(21)23/h2-5,12H,6-11,13H2,1H3,(H2,21,23). The number of rotatable bonds is 4. The van der Waals surface area contributed by atoms with E-state index in [4.69, 9.17) is 10.5 Å². The lowest BCUT2D eigenvalue weighted by Crippen LogP contribution is -2.45. The van der Waals surface area contributed by atoms with Gasteiger partial charge >= 0.3 is 0 Å². The van der Waals surface area contributed by atoms with Crippen LogP contribution in [0.3, 0.4) is 0 Å². The molecule has 0 unspecified atom stereocenters. The Bertz CT molecular complexity index is 988. The van der Waals surface area contributed by atoms with E-state index in [1.807, 2.05) is 18.2 Å². The Hall–Kier alpha value is -1.74. The number of likely N-dealkylation sites (tertiary alicyclic amines) is 1. The zero-order valence-electron chi connectivity index (χ0n) is 15.8. The lowest BCUT2D eigenvalue weighted by molar-refractivity contribution is -0.0960. The molecule has 1 spiro atoms. The second kappa shape index (κ2) is 7.26. The van der Waals surface area contributed by atoms with Crippen LogP contribution >= 0.6 is 11.3 Å². The number of carbonyl (C=O) groups excluding carboxylic acids is 1. The van der Waals surface area contributed by atoms with Gasteiger partial charge in [-0.3, -0.25) is 9.69 Å². The fourth-order valence-electron chi connectivity index (χ4n) is 4.09. The summed E-state index contributed by atoms with van der Waals surface area (Å²) in [4.78, 5) is 16.1. The van der Waals surface area contributed by atoms with Gasteiger partial charge in [0.25, 0.3) is 5.91 Å². The van der Waals surface area contributed by atoms with Crippen molar-refractivity contribution in [2.75, 3.05) is 26.0 Å². The van der Waals surface area contributed by atoms with Crippen LogP contribution in [0.25, 0.3) is 0 Å². The van der Waals surface area contributed by atoms with E-state index in [9.17, 15) is 13.2 Å². The first-order chi connectivity index (χ1) is 13.3. The molecule has 2 aliphatic rings. The number of nitrogens with two attached hydrogens (primary N) is 1. The molecule has 1 fully saturated rings. The fourth-order valence-corrected chi connectivity index (χ4v) is 5.98. The van der Waals surface area contributed by atoms with Crippen LogP contribution in [0.4, 0.5) is 0 Å². The van der Waals surface area contributed by atoms with Crippen molar-refractivity contribution in [3.05, 3.63) is 51.2 Å². The predicted octanol–water partition coefficient (Wildman–Crippen LogP) is 2.31. The molecule has 2 N–H and O–H groups in total. The number of primary amides is 1. The quantitative estimate of drug-likeness (QED) is 0.820. The van der Waals surface area contributed by atoms with Crippen molar-refractivity contribution >= 4 is 27.1 Å². The summed E-state index contributed by atoms with van der Waals surface area (Å²) in [6.07, 6.45) is 3.80. The smallest absolute Gasteiger partial charge is 0.258 e. The molecule has 0 radical (unpaired) electrons. The Morgan fingerprint density at radius 2 is 1.93 bits per heavy atom. The summed E-state index contributed by atoms with van der Waals surface area (Å²) in [5.74, 6) is -0.371. The summed E-state index contributed by atoms with van der Waals surface area (Å²) >= 11 is 1.48. The molecule has 0 aliphatic carbocycles. The highest BCUT2D eigenvalue weighted by Crippen LogP contribution is 2.45. The van der Waals surface area contributed by atoms with Gasteiger partial charge in [-0.05, 0) is 48.6 Å². The fraction of sp³-hybridized carbons (Fsp3) is 0.450. The van der Waals surface area contributed by atoms with E-state index in [1.54, 1.807) is 12.1 Å². The Morgan fingerprint density at radius 1 is 1.25 bits per heavy atom. The lowest BCUT2D eigenvalue weighted by atomic mass is 9.85. The first-order valence-corrected chi connectivity index (χ1v) is 12.1. The Kier molecular flexibility index (Phi) is 5.07. The second-order valence-corrected chi connectivity index (χ2v) is 10.7. The molecule has 6 nitrogen and oxygen atoms in total. The van der Waals surface area contributed by atoms with Crippen molar-refractivity contribution in [3.63, 3.8) is 0 Å². The Labute approximate surface area is 169 Å². The molecule has 0 saturated carbocycles. The number of hydrogen-bond donors (Lipinski definition) is 1. The number of nitrogens with zero attached hydrogens (tertiary/aromatic N) is 1. The Balaban J connectivity index is 1.45. The number of thiophene rings is 1. The molecule has 28 heavy (non-hydrogen) atoms. The molecule has 1 aromatic heterocycles. The van der Waals surface area contributed by atoms with Crippen LogP contribution in [0.1, 0.15) is 38.5 Å². The van der Waals surface area contributed by atoms with Crippen molar-refractivity contribution in [1.29, 1.82) is 0 Å². The van der Waals surface area contributed by atoms with Crippen LogP contribution in [0.5, 0.6) is 0 Å². The molecular formula is C20H24N2O4S2. The van der Waals surface area contributed by atoms with Gasteiger partial charge in [0.15, 0.2) is 9.84 Å². The summed E-state index contributed by atoms with van der Waals surface area (Å²) in [7, 11) is -3.17. The van der Waals surface area contributed by atoms with Crippen molar-refractivity contribution in [3.8, 4) is 0 Å². The van der Waals surface area contributed by atoms with E-state index in [0.717, 1.165) is 44.5 Å². The first-order valence-electron chi connectivity index (χ1n) is 9.35. The van der Waals surface area contributed by atoms with Crippen LogP contribution in [-0.2, 0) is 33.1 Å². The topological polar surface area (TPSA) is 89.7 Å². The molecule has 0 atom stereocenters. The number of piperidine rings is 1. The number of hydrogen-bond acceptors (Lipinski definition) is 6. The van der Waals surface area contributed by atoms with E-state index >= 15 is 0 Å². The van der Waals surface area contributed by atoms with Gasteiger partial charge in [0.05, 0.1) is 16.4 Å². The van der Waals surface area contributed by atoms with Gasteiger partial charge in [-0.15, -0.1) is 11.3 Å². The monoisotopic (exact) mass is 420 g/mol. The van der Waals surface area contributed by atoms with Crippen molar-refractivity contribution < 1.29 is 17.9 Å². The van der Waals surface area contributed by atoms with E-state index in [0.29, 0.717) is 16.4 Å². The number of sulfone groups is 1. The molecule has 0 bridgehead atoms. The number of carbonyl (C=O) groups is 1. The molecule has 8 heteroatoms. The van der Waals surface area contributed by atoms with Gasteiger partial charge in [-0.25, -0.2) is 8.42 Å². The van der Waals surface area contributed by atoms with Crippen molar-refractivity contribution in [2.45, 2.75) is 36.3 Å². The van der Waals surface area contributed by atoms with Crippen LogP contribution in [-0.4, -0.2) is 45.2 Å². The summed E-state index contributed by atoms with van der Waals surface area (Å²) in [5, 5.41) is 0. The molecular weight excluding hydrogens is 396 g/mol. The van der Waals surface area contributed by atoms with Crippen molar-refractivity contribution in [1.82, 2.24) is 4.90 Å². The maximum absolute atomic E-state index is 11.6. The van der Waals surface area contributed by atoms with E-state index in [2.05, 4.69) is 4.90 Å². The largest absolute Gasteiger partial charge is 0.369 e. The summed E-state index contributed by atoms with van der Waals surface area (Å²) in [6, 6.07) is 9.04. The zero-order chi connectivity index (χ0) is 19.9. The van der Waals surface area contributed by atoms with E-state index < -0.39 is 9.84 Å². The average molecular weight is 421 g/mol. The lowest BCUT2D eigenvalue weighted by Gasteiger charge is -2.43. The average Bonchev–Trinajstić information content (AvgIpc) is 3.10. The van der Waals surface area contributed by atoms with Gasteiger partial charge in [-0.1, -0.05) is 12.1 Å². The maximum atomic E-state index is 11.6. The second-order valence-electron chi connectivity index (χ2n) is 7.61. The molecule has 2 aliphatic heterocycles. The van der Waals surface area contributed by atoms with Crippen LogP contribution in [0.2, 0.25) is 0 Å². The number of ether oxygens (including phenoxy) is 1. The third-order valence-corrected chi connectivity index (χ3v) is 8.14. The third kappa shape index (κ3) is 3.74. The minimum atomic E-state index is -3.17.